The van der Waals surface area contributed by atoms with E-state index in [1.807, 2.05) is 11.0 Å². The molecule has 2 heterocycles. The lowest BCUT2D eigenvalue weighted by Gasteiger charge is -2.26. The van der Waals surface area contributed by atoms with Gasteiger partial charge in [-0.15, -0.1) is 11.3 Å². The molecule has 1 N–H and O–H groups in total. The van der Waals surface area contributed by atoms with E-state index >= 15 is 0 Å². The van der Waals surface area contributed by atoms with Gasteiger partial charge in [-0.2, -0.15) is 0 Å². The third-order valence-corrected chi connectivity index (χ3v) is 5.63. The summed E-state index contributed by atoms with van der Waals surface area (Å²) in [5.74, 6) is -0.165. The number of allylic oxidation sites excluding steroid dienone is 1. The monoisotopic (exact) mass is 358 g/mol. The van der Waals surface area contributed by atoms with Crippen LogP contribution in [0.1, 0.15) is 26.5 Å². The van der Waals surface area contributed by atoms with Crippen molar-refractivity contribution in [3.63, 3.8) is 0 Å². The first-order valence-corrected chi connectivity index (χ1v) is 9.25. The zero-order valence-corrected chi connectivity index (χ0v) is 14.6. The van der Waals surface area contributed by atoms with Crippen LogP contribution in [-0.2, 0) is 11.2 Å². The molecule has 4 rings (SSSR count). The van der Waals surface area contributed by atoms with Crippen molar-refractivity contribution < 1.29 is 13.9 Å². The Labute approximate surface area is 149 Å². The number of hydrogen-bond donors (Lipinski definition) is 1. The highest BCUT2D eigenvalue weighted by Gasteiger charge is 2.24. The minimum absolute atomic E-state index is 0.0869. The minimum atomic E-state index is -0.252. The maximum atomic E-state index is 13.1. The molecule has 1 amide bonds. The van der Waals surface area contributed by atoms with Crippen LogP contribution in [0.15, 0.2) is 36.4 Å². The highest BCUT2D eigenvalue weighted by Crippen LogP contribution is 2.34. The molecule has 25 heavy (non-hydrogen) atoms. The molecule has 1 aromatic carbocycles. The van der Waals surface area contributed by atoms with Crippen molar-refractivity contribution in [1.29, 1.82) is 0 Å². The molecule has 0 spiro atoms. The Balaban J connectivity index is 1.56. The predicted molar refractivity (Wildman–Crippen MR) is 97.4 cm³/mol. The van der Waals surface area contributed by atoms with Gasteiger partial charge >= 0.3 is 0 Å². The van der Waals surface area contributed by atoms with Crippen molar-refractivity contribution in [2.45, 2.75) is 12.8 Å². The Morgan fingerprint density at radius 3 is 2.72 bits per heavy atom. The average Bonchev–Trinajstić information content (AvgIpc) is 3.09. The van der Waals surface area contributed by atoms with Gasteiger partial charge in [0, 0.05) is 34.9 Å². The molecule has 2 aromatic rings. The van der Waals surface area contributed by atoms with Crippen molar-refractivity contribution in [2.75, 3.05) is 31.6 Å². The number of fused-ring (bicyclic) bond motifs is 1. The third kappa shape index (κ3) is 3.45. The van der Waals surface area contributed by atoms with Gasteiger partial charge in [-0.25, -0.2) is 4.39 Å². The molecule has 0 saturated carbocycles. The normalized spacial score (nSPS) is 17.0. The summed E-state index contributed by atoms with van der Waals surface area (Å²) in [6.07, 6.45) is 4.02. The van der Waals surface area contributed by atoms with Gasteiger partial charge in [-0.3, -0.25) is 4.79 Å². The van der Waals surface area contributed by atoms with Crippen LogP contribution in [0.4, 0.5) is 10.1 Å². The van der Waals surface area contributed by atoms with Gasteiger partial charge in [0.2, 0.25) is 0 Å². The number of aryl methyl sites for hydroxylation is 1. The Hall–Kier alpha value is -2.18. The zero-order valence-electron chi connectivity index (χ0n) is 13.8. The molecule has 2 aliphatic rings. The van der Waals surface area contributed by atoms with E-state index in [1.165, 1.54) is 17.0 Å². The second-order valence-corrected chi connectivity index (χ2v) is 7.28. The molecule has 0 radical (unpaired) electrons. The standard InChI is InChI=1S/C19H19FN2O2S/c20-13-4-6-14(7-5-13)21-16-2-1-3-17-15(16)12-18(25-17)19(23)22-8-10-24-11-9-22/h2,4-7,12,21H,1,3,8-11H2. The molecular weight excluding hydrogens is 339 g/mol. The molecule has 6 heteroatoms. The summed E-state index contributed by atoms with van der Waals surface area (Å²) >= 11 is 1.58. The summed E-state index contributed by atoms with van der Waals surface area (Å²) < 4.78 is 18.4. The first-order valence-electron chi connectivity index (χ1n) is 8.43. The van der Waals surface area contributed by atoms with Crippen molar-refractivity contribution >= 4 is 28.6 Å². The second kappa shape index (κ2) is 6.98. The van der Waals surface area contributed by atoms with Gasteiger partial charge in [-0.1, -0.05) is 6.08 Å². The Kier molecular flexibility index (Phi) is 4.55. The summed E-state index contributed by atoms with van der Waals surface area (Å²) in [4.78, 5) is 16.6. The van der Waals surface area contributed by atoms with Crippen molar-refractivity contribution in [3.05, 3.63) is 57.5 Å². The molecule has 4 nitrogen and oxygen atoms in total. The van der Waals surface area contributed by atoms with Crippen molar-refractivity contribution in [2.24, 2.45) is 0 Å². The molecule has 0 unspecified atom stereocenters. The lowest BCUT2D eigenvalue weighted by atomic mass is 10.0. The van der Waals surface area contributed by atoms with Crippen LogP contribution < -0.4 is 5.32 Å². The molecule has 130 valence electrons. The van der Waals surface area contributed by atoms with E-state index in [0.717, 1.165) is 34.7 Å². The number of benzene rings is 1. The lowest BCUT2D eigenvalue weighted by molar-refractivity contribution is 0.0306. The summed E-state index contributed by atoms with van der Waals surface area (Å²) in [6, 6.07) is 8.30. The highest BCUT2D eigenvalue weighted by molar-refractivity contribution is 7.14. The Bertz CT molecular complexity index is 807. The van der Waals surface area contributed by atoms with Gasteiger partial charge in [0.1, 0.15) is 5.82 Å². The van der Waals surface area contributed by atoms with Gasteiger partial charge in [0.25, 0.3) is 5.91 Å². The maximum absolute atomic E-state index is 13.1. The fraction of sp³-hybridized carbons (Fsp3) is 0.316. The van der Waals surface area contributed by atoms with Gasteiger partial charge in [-0.05, 0) is 43.2 Å². The zero-order chi connectivity index (χ0) is 17.2. The van der Waals surface area contributed by atoms with E-state index in [0.29, 0.717) is 26.3 Å². The summed E-state index contributed by atoms with van der Waals surface area (Å²) in [5, 5.41) is 3.35. The third-order valence-electron chi connectivity index (χ3n) is 4.45. The van der Waals surface area contributed by atoms with E-state index in [4.69, 9.17) is 4.74 Å². The molecule has 1 saturated heterocycles. The SMILES string of the molecule is O=C(c1cc2c(s1)CCC=C2Nc1ccc(F)cc1)N1CCOCC1. The topological polar surface area (TPSA) is 41.6 Å². The Morgan fingerprint density at radius 2 is 1.96 bits per heavy atom. The predicted octanol–water partition coefficient (Wildman–Crippen LogP) is 3.76. The quantitative estimate of drug-likeness (QED) is 0.908. The number of thiophene rings is 1. The number of anilines is 1. The number of carbonyl (C=O) groups excluding carboxylic acids is 1. The number of halogens is 1. The summed E-state index contributed by atoms with van der Waals surface area (Å²) in [6.45, 7) is 2.51. The fourth-order valence-electron chi connectivity index (χ4n) is 3.13. The van der Waals surface area contributed by atoms with Crippen LogP contribution in [0.2, 0.25) is 0 Å². The van der Waals surface area contributed by atoms with E-state index in [1.54, 1.807) is 23.5 Å². The van der Waals surface area contributed by atoms with Gasteiger partial charge < -0.3 is 15.0 Å². The molecule has 1 fully saturated rings. The van der Waals surface area contributed by atoms with E-state index in [-0.39, 0.29) is 11.7 Å². The Morgan fingerprint density at radius 1 is 1.20 bits per heavy atom. The number of ether oxygens (including phenoxy) is 1. The largest absolute Gasteiger partial charge is 0.378 e. The van der Waals surface area contributed by atoms with Gasteiger partial charge in [0.15, 0.2) is 0 Å². The van der Waals surface area contributed by atoms with Crippen LogP contribution in [0.3, 0.4) is 0 Å². The van der Waals surface area contributed by atoms with Crippen LogP contribution in [0.5, 0.6) is 0 Å². The first kappa shape index (κ1) is 16.3. The molecule has 1 aromatic heterocycles. The molecule has 1 aliphatic heterocycles. The van der Waals surface area contributed by atoms with Crippen molar-refractivity contribution in [1.82, 2.24) is 4.90 Å². The van der Waals surface area contributed by atoms with E-state index in [2.05, 4.69) is 11.4 Å². The van der Waals surface area contributed by atoms with Crippen molar-refractivity contribution in [3.8, 4) is 0 Å². The van der Waals surface area contributed by atoms with E-state index in [9.17, 15) is 9.18 Å². The summed E-state index contributed by atoms with van der Waals surface area (Å²) in [5.41, 5.74) is 2.91. The average molecular weight is 358 g/mol. The van der Waals surface area contributed by atoms with Crippen LogP contribution in [0, 0.1) is 5.82 Å². The van der Waals surface area contributed by atoms with Gasteiger partial charge in [0.05, 0.1) is 18.1 Å². The minimum Gasteiger partial charge on any atom is -0.378 e. The number of morpholine rings is 1. The number of amides is 1. The number of rotatable bonds is 3. The number of nitrogens with zero attached hydrogens (tertiary/aromatic N) is 1. The molecule has 0 atom stereocenters. The molecular formula is C19H19FN2O2S. The van der Waals surface area contributed by atoms with Crippen LogP contribution >= 0.6 is 11.3 Å². The molecule has 0 bridgehead atoms. The van der Waals surface area contributed by atoms with Crippen LogP contribution in [-0.4, -0.2) is 37.1 Å². The highest BCUT2D eigenvalue weighted by atomic mass is 32.1. The summed E-state index contributed by atoms with van der Waals surface area (Å²) in [7, 11) is 0. The number of nitrogens with one attached hydrogen (secondary N) is 1. The maximum Gasteiger partial charge on any atom is 0.264 e. The smallest absolute Gasteiger partial charge is 0.264 e. The van der Waals surface area contributed by atoms with Crippen LogP contribution in [0.25, 0.3) is 5.70 Å². The number of carbonyl (C=O) groups is 1. The first-order chi connectivity index (χ1) is 12.2. The molecule has 1 aliphatic carbocycles. The van der Waals surface area contributed by atoms with E-state index < -0.39 is 0 Å². The lowest BCUT2D eigenvalue weighted by Crippen LogP contribution is -2.40. The number of hydrogen-bond acceptors (Lipinski definition) is 4. The second-order valence-electron chi connectivity index (χ2n) is 6.14. The fourth-order valence-corrected chi connectivity index (χ4v) is 4.29.